The fourth-order valence-electron chi connectivity index (χ4n) is 1.60. The van der Waals surface area contributed by atoms with Gasteiger partial charge in [0.15, 0.2) is 4.75 Å². The van der Waals surface area contributed by atoms with Gasteiger partial charge < -0.3 is 9.47 Å². The van der Waals surface area contributed by atoms with Crippen molar-refractivity contribution in [1.29, 1.82) is 0 Å². The van der Waals surface area contributed by atoms with E-state index in [9.17, 15) is 4.79 Å². The van der Waals surface area contributed by atoms with Gasteiger partial charge in [-0.1, -0.05) is 17.7 Å². The number of aryl methyl sites for hydroxylation is 1. The molecular weight excluding hydrogens is 224 g/mol. The summed E-state index contributed by atoms with van der Waals surface area (Å²) in [5, 5.41) is 0. The smallest absolute Gasteiger partial charge is 0.327 e. The van der Waals surface area contributed by atoms with Crippen LogP contribution >= 0.6 is 11.8 Å². The maximum atomic E-state index is 11.7. The highest BCUT2D eigenvalue weighted by Gasteiger charge is 2.48. The molecule has 4 heteroatoms. The van der Waals surface area contributed by atoms with Crippen molar-refractivity contribution >= 4 is 17.7 Å². The van der Waals surface area contributed by atoms with Gasteiger partial charge in [-0.2, -0.15) is 0 Å². The standard InChI is InChI=1S/C12H14O3S/c1-9-4-3-5-10(6-9)16-12(7-15-8-12)11(13)14-2/h3-6H,7-8H2,1-2H3. The number of benzene rings is 1. The summed E-state index contributed by atoms with van der Waals surface area (Å²) < 4.78 is 9.42. The Morgan fingerprint density at radius 1 is 1.50 bits per heavy atom. The molecular formula is C12H14O3S. The highest BCUT2D eigenvalue weighted by molar-refractivity contribution is 8.01. The van der Waals surface area contributed by atoms with E-state index in [1.807, 2.05) is 25.1 Å². The normalized spacial score (nSPS) is 17.6. The van der Waals surface area contributed by atoms with Crippen LogP contribution in [-0.2, 0) is 14.3 Å². The van der Waals surface area contributed by atoms with Crippen molar-refractivity contribution in [2.75, 3.05) is 20.3 Å². The molecule has 3 nitrogen and oxygen atoms in total. The molecule has 1 heterocycles. The zero-order valence-electron chi connectivity index (χ0n) is 9.36. The highest BCUT2D eigenvalue weighted by atomic mass is 32.2. The van der Waals surface area contributed by atoms with Gasteiger partial charge >= 0.3 is 5.97 Å². The summed E-state index contributed by atoms with van der Waals surface area (Å²) >= 11 is 1.53. The highest BCUT2D eigenvalue weighted by Crippen LogP contribution is 2.39. The third-order valence-electron chi connectivity index (χ3n) is 2.53. The lowest BCUT2D eigenvalue weighted by atomic mass is 10.1. The van der Waals surface area contributed by atoms with Crippen LogP contribution in [-0.4, -0.2) is 31.0 Å². The lowest BCUT2D eigenvalue weighted by molar-refractivity contribution is -0.155. The zero-order chi connectivity index (χ0) is 11.6. The number of esters is 1. The van der Waals surface area contributed by atoms with E-state index >= 15 is 0 Å². The number of hydrogen-bond donors (Lipinski definition) is 0. The molecule has 1 fully saturated rings. The van der Waals surface area contributed by atoms with Crippen molar-refractivity contribution in [2.24, 2.45) is 0 Å². The summed E-state index contributed by atoms with van der Waals surface area (Å²) in [6.07, 6.45) is 0. The predicted molar refractivity (Wildman–Crippen MR) is 62.6 cm³/mol. The minimum atomic E-state index is -0.539. The van der Waals surface area contributed by atoms with Crippen LogP contribution in [0.4, 0.5) is 0 Å². The first-order valence-electron chi connectivity index (χ1n) is 5.08. The number of rotatable bonds is 3. The maximum absolute atomic E-state index is 11.7. The minimum absolute atomic E-state index is 0.203. The second kappa shape index (κ2) is 4.47. The summed E-state index contributed by atoms with van der Waals surface area (Å²) in [5.74, 6) is -0.203. The Morgan fingerprint density at radius 3 is 2.75 bits per heavy atom. The second-order valence-electron chi connectivity index (χ2n) is 3.90. The van der Waals surface area contributed by atoms with Crippen molar-refractivity contribution in [3.8, 4) is 0 Å². The van der Waals surface area contributed by atoms with Crippen molar-refractivity contribution < 1.29 is 14.3 Å². The molecule has 0 aliphatic carbocycles. The number of carbonyl (C=O) groups is 1. The van der Waals surface area contributed by atoms with Gasteiger partial charge in [0.1, 0.15) is 0 Å². The molecule has 86 valence electrons. The SMILES string of the molecule is COC(=O)C1(Sc2cccc(C)c2)COC1. The van der Waals surface area contributed by atoms with Crippen LogP contribution in [0.25, 0.3) is 0 Å². The number of methoxy groups -OCH3 is 1. The van der Waals surface area contributed by atoms with Crippen LogP contribution in [0, 0.1) is 6.92 Å². The lowest BCUT2D eigenvalue weighted by Gasteiger charge is -2.37. The van der Waals surface area contributed by atoms with Gasteiger partial charge in [0.25, 0.3) is 0 Å². The summed E-state index contributed by atoms with van der Waals surface area (Å²) in [6.45, 7) is 2.89. The molecule has 1 aliphatic heterocycles. The van der Waals surface area contributed by atoms with Gasteiger partial charge in [0, 0.05) is 4.90 Å². The molecule has 0 spiro atoms. The first-order chi connectivity index (χ1) is 7.66. The lowest BCUT2D eigenvalue weighted by Crippen LogP contribution is -2.53. The molecule has 0 aromatic heterocycles. The summed E-state index contributed by atoms with van der Waals surface area (Å²) in [6, 6.07) is 8.09. The number of carbonyl (C=O) groups excluding carboxylic acids is 1. The molecule has 0 N–H and O–H groups in total. The van der Waals surface area contributed by atoms with E-state index in [2.05, 4.69) is 6.07 Å². The van der Waals surface area contributed by atoms with E-state index in [0.717, 1.165) is 4.90 Å². The van der Waals surface area contributed by atoms with Gasteiger partial charge in [-0.15, -0.1) is 11.8 Å². The van der Waals surface area contributed by atoms with Gasteiger partial charge in [0.2, 0.25) is 0 Å². The Hall–Kier alpha value is -1.00. The third-order valence-corrected chi connectivity index (χ3v) is 3.81. The molecule has 2 rings (SSSR count). The molecule has 1 saturated heterocycles. The predicted octanol–water partition coefficient (Wildman–Crippen LogP) is 2.03. The van der Waals surface area contributed by atoms with Gasteiger partial charge in [0.05, 0.1) is 20.3 Å². The van der Waals surface area contributed by atoms with Crippen LogP contribution < -0.4 is 0 Å². The van der Waals surface area contributed by atoms with Gasteiger partial charge in [-0.25, -0.2) is 0 Å². The average Bonchev–Trinajstić information content (AvgIpc) is 2.22. The van der Waals surface area contributed by atoms with Crippen molar-refractivity contribution in [1.82, 2.24) is 0 Å². The van der Waals surface area contributed by atoms with Crippen molar-refractivity contribution in [3.05, 3.63) is 29.8 Å². The van der Waals surface area contributed by atoms with Crippen LogP contribution in [0.3, 0.4) is 0 Å². The Morgan fingerprint density at radius 2 is 2.25 bits per heavy atom. The zero-order valence-corrected chi connectivity index (χ0v) is 10.2. The van der Waals surface area contributed by atoms with Gasteiger partial charge in [-0.3, -0.25) is 4.79 Å². The number of thioether (sulfide) groups is 1. The second-order valence-corrected chi connectivity index (χ2v) is 5.35. The van der Waals surface area contributed by atoms with Crippen molar-refractivity contribution in [2.45, 2.75) is 16.6 Å². The van der Waals surface area contributed by atoms with E-state index in [1.54, 1.807) is 0 Å². The Balaban J connectivity index is 2.16. The summed E-state index contributed by atoms with van der Waals surface area (Å²) in [7, 11) is 1.42. The molecule has 0 saturated carbocycles. The average molecular weight is 238 g/mol. The van der Waals surface area contributed by atoms with Crippen LogP contribution in [0.15, 0.2) is 29.2 Å². The third kappa shape index (κ3) is 2.08. The Bertz CT molecular complexity index is 399. The molecule has 0 amide bonds. The van der Waals surface area contributed by atoms with Crippen LogP contribution in [0.1, 0.15) is 5.56 Å². The first kappa shape index (κ1) is 11.5. The fourth-order valence-corrected chi connectivity index (χ4v) is 2.89. The number of hydrogen-bond acceptors (Lipinski definition) is 4. The monoisotopic (exact) mass is 238 g/mol. The molecule has 0 bridgehead atoms. The van der Waals surface area contributed by atoms with Gasteiger partial charge in [-0.05, 0) is 19.1 Å². The van der Waals surface area contributed by atoms with E-state index in [4.69, 9.17) is 9.47 Å². The molecule has 1 aliphatic rings. The van der Waals surface area contributed by atoms with Crippen LogP contribution in [0.2, 0.25) is 0 Å². The van der Waals surface area contributed by atoms with Crippen LogP contribution in [0.5, 0.6) is 0 Å². The maximum Gasteiger partial charge on any atom is 0.327 e. The molecule has 0 radical (unpaired) electrons. The minimum Gasteiger partial charge on any atom is -0.468 e. The molecule has 0 unspecified atom stereocenters. The molecule has 1 aromatic carbocycles. The summed E-state index contributed by atoms with van der Waals surface area (Å²) in [4.78, 5) is 12.8. The van der Waals surface area contributed by atoms with E-state index in [0.29, 0.717) is 13.2 Å². The summed E-state index contributed by atoms with van der Waals surface area (Å²) in [5.41, 5.74) is 1.19. The molecule has 0 atom stereocenters. The Kier molecular flexibility index (Phi) is 3.21. The van der Waals surface area contributed by atoms with Crippen molar-refractivity contribution in [3.63, 3.8) is 0 Å². The van der Waals surface area contributed by atoms with E-state index in [-0.39, 0.29) is 5.97 Å². The topological polar surface area (TPSA) is 35.5 Å². The number of ether oxygens (including phenoxy) is 2. The molecule has 16 heavy (non-hydrogen) atoms. The Labute approximate surface area is 99.1 Å². The largest absolute Gasteiger partial charge is 0.468 e. The fraction of sp³-hybridized carbons (Fsp3) is 0.417. The van der Waals surface area contributed by atoms with E-state index in [1.165, 1.54) is 24.4 Å². The molecule has 1 aromatic rings. The van der Waals surface area contributed by atoms with E-state index < -0.39 is 4.75 Å². The first-order valence-corrected chi connectivity index (χ1v) is 5.90. The quantitative estimate of drug-likeness (QED) is 0.755.